The van der Waals surface area contributed by atoms with Gasteiger partial charge in [0.2, 0.25) is 5.88 Å². The number of morpholine rings is 1. The van der Waals surface area contributed by atoms with Gasteiger partial charge in [-0.15, -0.1) is 0 Å². The summed E-state index contributed by atoms with van der Waals surface area (Å²) in [5, 5.41) is 2.54. The second kappa shape index (κ2) is 11.6. The number of carbonyl (C=O) groups is 1. The van der Waals surface area contributed by atoms with Crippen LogP contribution < -0.4 is 15.0 Å². The van der Waals surface area contributed by atoms with Gasteiger partial charge in [-0.25, -0.2) is 4.98 Å². The Morgan fingerprint density at radius 3 is 2.51 bits per heavy atom. The van der Waals surface area contributed by atoms with E-state index in [9.17, 15) is 18.0 Å². The van der Waals surface area contributed by atoms with Crippen molar-refractivity contribution < 1.29 is 32.2 Å². The molecule has 5 rings (SSSR count). The quantitative estimate of drug-likeness (QED) is 0.463. The molecule has 0 aliphatic carbocycles. The van der Waals surface area contributed by atoms with E-state index in [1.807, 2.05) is 13.0 Å². The number of hydrogen-bond acceptors (Lipinski definition) is 7. The van der Waals surface area contributed by atoms with E-state index >= 15 is 0 Å². The van der Waals surface area contributed by atoms with Gasteiger partial charge in [-0.05, 0) is 37.3 Å². The molecular formula is C28H29F3N4O4. The van der Waals surface area contributed by atoms with E-state index in [1.165, 1.54) is 18.3 Å². The predicted octanol–water partition coefficient (Wildman–Crippen LogP) is 5.12. The average molecular weight is 543 g/mol. The number of rotatable bonds is 6. The highest BCUT2D eigenvalue weighted by atomic mass is 19.4. The van der Waals surface area contributed by atoms with Gasteiger partial charge in [0.1, 0.15) is 11.8 Å². The Balaban J connectivity index is 1.43. The zero-order valence-corrected chi connectivity index (χ0v) is 21.5. The number of nitrogens with one attached hydrogen (secondary N) is 1. The Labute approximate surface area is 224 Å². The molecule has 11 heteroatoms. The molecule has 0 radical (unpaired) electrons. The number of aromatic nitrogens is 2. The summed E-state index contributed by atoms with van der Waals surface area (Å²) in [6.45, 7) is 5.67. The lowest BCUT2D eigenvalue weighted by Crippen LogP contribution is -2.37. The zero-order chi connectivity index (χ0) is 27.4. The molecule has 1 amide bonds. The summed E-state index contributed by atoms with van der Waals surface area (Å²) in [4.78, 5) is 24.2. The van der Waals surface area contributed by atoms with Gasteiger partial charge in [-0.1, -0.05) is 6.07 Å². The second-order valence-corrected chi connectivity index (χ2v) is 9.47. The van der Waals surface area contributed by atoms with Crippen LogP contribution in [-0.4, -0.2) is 61.5 Å². The van der Waals surface area contributed by atoms with Crippen molar-refractivity contribution in [1.29, 1.82) is 0 Å². The topological polar surface area (TPSA) is 85.8 Å². The molecule has 2 fully saturated rings. The number of pyridine rings is 2. The van der Waals surface area contributed by atoms with Gasteiger partial charge in [-0.2, -0.15) is 13.2 Å². The highest BCUT2D eigenvalue weighted by molar-refractivity contribution is 6.04. The fourth-order valence-corrected chi connectivity index (χ4v) is 4.59. The number of alkyl halides is 3. The van der Waals surface area contributed by atoms with Crippen LogP contribution >= 0.6 is 0 Å². The minimum atomic E-state index is -4.51. The predicted molar refractivity (Wildman–Crippen MR) is 139 cm³/mol. The van der Waals surface area contributed by atoms with Gasteiger partial charge in [0, 0.05) is 60.8 Å². The largest absolute Gasteiger partial charge is 0.473 e. The molecule has 39 heavy (non-hydrogen) atoms. The number of anilines is 2. The number of ether oxygens (including phenoxy) is 3. The van der Waals surface area contributed by atoms with Crippen molar-refractivity contribution in [3.05, 3.63) is 65.6 Å². The fraction of sp³-hybridized carbons (Fsp3) is 0.393. The molecule has 0 bridgehead atoms. The zero-order valence-electron chi connectivity index (χ0n) is 21.5. The first kappa shape index (κ1) is 26.9. The summed E-state index contributed by atoms with van der Waals surface area (Å²) < 4.78 is 56.5. The lowest BCUT2D eigenvalue weighted by Gasteiger charge is -2.31. The molecule has 2 aromatic heterocycles. The van der Waals surface area contributed by atoms with E-state index in [-0.39, 0.29) is 17.4 Å². The first-order valence-electron chi connectivity index (χ1n) is 12.8. The van der Waals surface area contributed by atoms with Crippen LogP contribution in [0.3, 0.4) is 0 Å². The smallest absolute Gasteiger partial charge is 0.416 e. The van der Waals surface area contributed by atoms with E-state index in [1.54, 1.807) is 12.3 Å². The maximum Gasteiger partial charge on any atom is 0.416 e. The van der Waals surface area contributed by atoms with Gasteiger partial charge in [0.15, 0.2) is 0 Å². The Morgan fingerprint density at radius 2 is 1.77 bits per heavy atom. The van der Waals surface area contributed by atoms with Crippen LogP contribution in [0.1, 0.15) is 34.5 Å². The summed E-state index contributed by atoms with van der Waals surface area (Å²) in [7, 11) is 0. The number of amides is 1. The van der Waals surface area contributed by atoms with Crippen LogP contribution in [0.15, 0.2) is 48.8 Å². The first-order chi connectivity index (χ1) is 18.8. The maximum atomic E-state index is 13.1. The molecule has 1 aromatic carbocycles. The van der Waals surface area contributed by atoms with Crippen LogP contribution in [0.5, 0.6) is 5.88 Å². The fourth-order valence-electron chi connectivity index (χ4n) is 4.59. The van der Waals surface area contributed by atoms with E-state index < -0.39 is 17.6 Å². The van der Waals surface area contributed by atoms with Gasteiger partial charge < -0.3 is 24.4 Å². The molecule has 0 atom stereocenters. The third kappa shape index (κ3) is 6.48. The summed E-state index contributed by atoms with van der Waals surface area (Å²) in [6, 6.07) is 8.16. The van der Waals surface area contributed by atoms with Gasteiger partial charge >= 0.3 is 6.18 Å². The number of carbonyl (C=O) groups excluding carboxylic acids is 1. The van der Waals surface area contributed by atoms with Crippen molar-refractivity contribution in [2.24, 2.45) is 0 Å². The monoisotopic (exact) mass is 542 g/mol. The van der Waals surface area contributed by atoms with Crippen LogP contribution in [0.4, 0.5) is 24.5 Å². The lowest BCUT2D eigenvalue weighted by molar-refractivity contribution is -0.137. The van der Waals surface area contributed by atoms with Crippen LogP contribution in [0, 0.1) is 6.92 Å². The maximum absolute atomic E-state index is 13.1. The Bertz CT molecular complexity index is 1320. The lowest BCUT2D eigenvalue weighted by atomic mass is 10.0. The number of halogens is 3. The van der Waals surface area contributed by atoms with Gasteiger partial charge in [0.25, 0.3) is 5.91 Å². The molecule has 0 spiro atoms. The van der Waals surface area contributed by atoms with E-state index in [2.05, 4.69) is 20.2 Å². The Hall–Kier alpha value is -3.70. The van der Waals surface area contributed by atoms with Crippen LogP contribution in [-0.2, 0) is 15.7 Å². The van der Waals surface area contributed by atoms with Crippen molar-refractivity contribution in [1.82, 2.24) is 9.97 Å². The SMILES string of the molecule is Cc1ncc(C(=O)Nc2cccc(C(F)(F)F)c2)cc1-c1cnc(OC2CCOCC2)c(N2CCOCC2)c1. The van der Waals surface area contributed by atoms with Crippen LogP contribution in [0.25, 0.3) is 11.1 Å². The third-order valence-electron chi connectivity index (χ3n) is 6.74. The Kier molecular flexibility index (Phi) is 7.99. The standard InChI is InChI=1S/C28H29F3N4O4/c1-18-24(13-20(17-32-18)26(36)34-22-4-2-3-21(15-22)28(29,30)31)19-14-25(35-7-11-38-12-8-35)27(33-16-19)39-23-5-9-37-10-6-23/h2-4,13-17,23H,5-12H2,1H3,(H,34,36). The first-order valence-corrected chi connectivity index (χ1v) is 12.8. The van der Waals surface area contributed by atoms with E-state index in [0.29, 0.717) is 56.7 Å². The molecule has 1 N–H and O–H groups in total. The molecular weight excluding hydrogens is 513 g/mol. The number of benzene rings is 1. The third-order valence-corrected chi connectivity index (χ3v) is 6.74. The van der Waals surface area contributed by atoms with Crippen molar-refractivity contribution in [3.8, 4) is 17.0 Å². The number of nitrogens with zero attached hydrogens (tertiary/aromatic N) is 3. The molecule has 4 heterocycles. The van der Waals surface area contributed by atoms with Crippen molar-refractivity contribution >= 4 is 17.3 Å². The molecule has 2 aliphatic heterocycles. The van der Waals surface area contributed by atoms with Crippen molar-refractivity contribution in [2.45, 2.75) is 32.0 Å². The summed E-state index contributed by atoms with van der Waals surface area (Å²) in [5.74, 6) is -0.0273. The average Bonchev–Trinajstić information content (AvgIpc) is 2.94. The van der Waals surface area contributed by atoms with E-state index in [0.717, 1.165) is 36.2 Å². The minimum Gasteiger partial charge on any atom is -0.473 e. The summed E-state index contributed by atoms with van der Waals surface area (Å²) in [5.41, 5.74) is 2.36. The highest BCUT2D eigenvalue weighted by Gasteiger charge is 2.30. The summed E-state index contributed by atoms with van der Waals surface area (Å²) in [6.07, 6.45) is 0.183. The van der Waals surface area contributed by atoms with Crippen LogP contribution in [0.2, 0.25) is 0 Å². The highest BCUT2D eigenvalue weighted by Crippen LogP contribution is 2.35. The summed E-state index contributed by atoms with van der Waals surface area (Å²) >= 11 is 0. The van der Waals surface area contributed by atoms with E-state index in [4.69, 9.17) is 14.2 Å². The molecule has 8 nitrogen and oxygen atoms in total. The molecule has 3 aromatic rings. The number of hydrogen-bond donors (Lipinski definition) is 1. The molecule has 206 valence electrons. The molecule has 0 saturated carbocycles. The van der Waals surface area contributed by atoms with Crippen molar-refractivity contribution in [3.63, 3.8) is 0 Å². The van der Waals surface area contributed by atoms with Crippen molar-refractivity contribution in [2.75, 3.05) is 49.7 Å². The Morgan fingerprint density at radius 1 is 1.03 bits per heavy atom. The van der Waals surface area contributed by atoms with Gasteiger partial charge in [-0.3, -0.25) is 9.78 Å². The normalized spacial score (nSPS) is 16.7. The molecule has 2 saturated heterocycles. The minimum absolute atomic E-state index is 0.0168. The van der Waals surface area contributed by atoms with Gasteiger partial charge in [0.05, 0.1) is 37.6 Å². The molecule has 2 aliphatic rings. The number of aryl methyl sites for hydroxylation is 1. The second-order valence-electron chi connectivity index (χ2n) is 9.47. The molecule has 0 unspecified atom stereocenters.